The fourth-order valence-electron chi connectivity index (χ4n) is 3.25. The zero-order chi connectivity index (χ0) is 18.5. The minimum atomic E-state index is -0.507. The molecule has 0 aromatic heterocycles. The molecule has 0 spiro atoms. The standard InChI is InChI=1S/C18H13BrN4O3S/c1-27-18-21-17(24)15-9-4-2-3-5-12(9)20-16(23(15)22-18)10-6-13-14(7-11(10)19)26-8-25-13/h2-7,16H,8H2,1H3,(H,21,22,24)/t16-/m1/s1. The van der Waals surface area contributed by atoms with Crippen LogP contribution in [0.25, 0.3) is 5.70 Å². The third-order valence-corrected chi connectivity index (χ3v) is 5.74. The number of amidine groups is 1. The van der Waals surface area contributed by atoms with E-state index in [1.807, 2.05) is 42.7 Å². The molecular formula is C18H13BrN4O3S. The van der Waals surface area contributed by atoms with Crippen molar-refractivity contribution in [1.29, 1.82) is 0 Å². The molecule has 0 aliphatic carbocycles. The number of rotatable bonds is 1. The Balaban J connectivity index is 1.76. The second-order valence-electron chi connectivity index (χ2n) is 6.00. The molecule has 0 radical (unpaired) electrons. The number of carbonyl (C=O) groups is 1. The Morgan fingerprint density at radius 2 is 2.04 bits per heavy atom. The summed E-state index contributed by atoms with van der Waals surface area (Å²) in [4.78, 5) is 17.7. The molecular weight excluding hydrogens is 432 g/mol. The van der Waals surface area contributed by atoms with Crippen LogP contribution < -0.4 is 25.4 Å². The molecule has 5 rings (SSSR count). The Morgan fingerprint density at radius 1 is 1.26 bits per heavy atom. The number of ether oxygens (including phenoxy) is 2. The number of benzene rings is 2. The first kappa shape index (κ1) is 16.6. The van der Waals surface area contributed by atoms with Gasteiger partial charge in [0.1, 0.15) is 5.70 Å². The van der Waals surface area contributed by atoms with E-state index in [1.54, 1.807) is 5.01 Å². The third-order valence-electron chi connectivity index (χ3n) is 4.48. The van der Waals surface area contributed by atoms with Crippen LogP contribution in [0.5, 0.6) is 11.5 Å². The molecule has 2 aromatic carbocycles. The minimum Gasteiger partial charge on any atom is -0.454 e. The molecule has 3 aliphatic rings. The number of amides is 1. The molecule has 0 fully saturated rings. The van der Waals surface area contributed by atoms with Gasteiger partial charge in [-0.05, 0) is 24.5 Å². The number of nitrogens with one attached hydrogen (secondary N) is 1. The molecule has 27 heavy (non-hydrogen) atoms. The van der Waals surface area contributed by atoms with Crippen LogP contribution in [0.3, 0.4) is 0 Å². The van der Waals surface area contributed by atoms with Crippen molar-refractivity contribution >= 4 is 44.5 Å². The highest BCUT2D eigenvalue weighted by Crippen LogP contribution is 2.42. The number of halogens is 1. The van der Waals surface area contributed by atoms with E-state index in [0.717, 1.165) is 20.6 Å². The Hall–Kier alpha value is -2.52. The lowest BCUT2D eigenvalue weighted by Crippen LogP contribution is -2.50. The lowest BCUT2D eigenvalue weighted by atomic mass is 10.1. The fraction of sp³-hybridized carbons (Fsp3) is 0.167. The van der Waals surface area contributed by atoms with Crippen molar-refractivity contribution < 1.29 is 14.3 Å². The summed E-state index contributed by atoms with van der Waals surface area (Å²) >= 11 is 4.98. The molecule has 1 atom stereocenters. The molecule has 3 heterocycles. The summed E-state index contributed by atoms with van der Waals surface area (Å²) in [5, 5.41) is 11.2. The molecule has 1 amide bonds. The monoisotopic (exact) mass is 444 g/mol. The zero-order valence-electron chi connectivity index (χ0n) is 14.1. The fourth-order valence-corrected chi connectivity index (χ4v) is 4.14. The van der Waals surface area contributed by atoms with Gasteiger partial charge in [-0.1, -0.05) is 45.9 Å². The predicted molar refractivity (Wildman–Crippen MR) is 105 cm³/mol. The van der Waals surface area contributed by atoms with Gasteiger partial charge in [0.15, 0.2) is 22.8 Å². The highest BCUT2D eigenvalue weighted by Gasteiger charge is 2.35. The van der Waals surface area contributed by atoms with E-state index in [4.69, 9.17) is 14.5 Å². The maximum atomic E-state index is 12.8. The van der Waals surface area contributed by atoms with Gasteiger partial charge < -0.3 is 9.47 Å². The maximum Gasteiger partial charge on any atom is 0.276 e. The predicted octanol–water partition coefficient (Wildman–Crippen LogP) is 1.68. The van der Waals surface area contributed by atoms with Gasteiger partial charge in [0.2, 0.25) is 6.79 Å². The Morgan fingerprint density at radius 3 is 2.85 bits per heavy atom. The van der Waals surface area contributed by atoms with E-state index in [2.05, 4.69) is 26.3 Å². The van der Waals surface area contributed by atoms with Crippen LogP contribution in [0.2, 0.25) is 0 Å². The van der Waals surface area contributed by atoms with Crippen LogP contribution in [0, 0.1) is 0 Å². The second kappa shape index (κ2) is 6.28. The molecule has 3 aliphatic heterocycles. The Bertz CT molecular complexity index is 1130. The number of nitrogens with zero attached hydrogens (tertiary/aromatic N) is 3. The number of hydrogen-bond donors (Lipinski definition) is 1. The van der Waals surface area contributed by atoms with Gasteiger partial charge in [-0.15, -0.1) is 5.10 Å². The van der Waals surface area contributed by atoms with Crippen LogP contribution in [0.4, 0.5) is 0 Å². The van der Waals surface area contributed by atoms with Gasteiger partial charge >= 0.3 is 0 Å². The average Bonchev–Trinajstić information content (AvgIpc) is 3.13. The largest absolute Gasteiger partial charge is 0.454 e. The third kappa shape index (κ3) is 2.61. The molecule has 136 valence electrons. The van der Waals surface area contributed by atoms with Crippen molar-refractivity contribution in [1.82, 2.24) is 10.3 Å². The molecule has 1 N–H and O–H groups in total. The topological polar surface area (TPSA) is 75.5 Å². The first-order valence-corrected chi connectivity index (χ1v) is 10.2. The van der Waals surface area contributed by atoms with Crippen molar-refractivity contribution in [2.24, 2.45) is 10.1 Å². The van der Waals surface area contributed by atoms with Crippen LogP contribution in [0.1, 0.15) is 11.7 Å². The molecule has 0 saturated heterocycles. The van der Waals surface area contributed by atoms with Gasteiger partial charge in [0.05, 0.1) is 5.36 Å². The summed E-state index contributed by atoms with van der Waals surface area (Å²) in [6.45, 7) is 0.189. The number of hydrazone groups is 1. The van der Waals surface area contributed by atoms with E-state index in [1.165, 1.54) is 11.8 Å². The maximum absolute atomic E-state index is 12.8. The van der Waals surface area contributed by atoms with Crippen LogP contribution in [0.15, 0.2) is 51.0 Å². The highest BCUT2D eigenvalue weighted by molar-refractivity contribution is 9.10. The van der Waals surface area contributed by atoms with E-state index in [9.17, 15) is 4.79 Å². The van der Waals surface area contributed by atoms with Gasteiger partial charge in [-0.2, -0.15) is 0 Å². The molecule has 2 aromatic rings. The number of carbonyl (C=O) groups excluding carboxylic acids is 1. The van der Waals surface area contributed by atoms with E-state index >= 15 is 0 Å². The first-order valence-electron chi connectivity index (χ1n) is 8.15. The van der Waals surface area contributed by atoms with Gasteiger partial charge in [0.25, 0.3) is 5.91 Å². The Labute approximate surface area is 166 Å². The summed E-state index contributed by atoms with van der Waals surface area (Å²) < 4.78 is 11.8. The van der Waals surface area contributed by atoms with Crippen LogP contribution in [-0.4, -0.2) is 29.1 Å². The average molecular weight is 445 g/mol. The summed E-state index contributed by atoms with van der Waals surface area (Å²) in [7, 11) is 0. The van der Waals surface area contributed by atoms with Crippen molar-refractivity contribution in [3.63, 3.8) is 0 Å². The number of para-hydroxylation sites is 1. The second-order valence-corrected chi connectivity index (χ2v) is 7.65. The van der Waals surface area contributed by atoms with Crippen molar-refractivity contribution in [3.8, 4) is 11.5 Å². The smallest absolute Gasteiger partial charge is 0.276 e. The normalized spacial score (nSPS) is 19.7. The van der Waals surface area contributed by atoms with Crippen molar-refractivity contribution in [3.05, 3.63) is 57.0 Å². The minimum absolute atomic E-state index is 0.189. The molecule has 9 heteroatoms. The van der Waals surface area contributed by atoms with Crippen molar-refractivity contribution in [2.75, 3.05) is 13.0 Å². The Kier molecular flexibility index (Phi) is 3.87. The molecule has 0 bridgehead atoms. The van der Waals surface area contributed by atoms with Crippen LogP contribution in [-0.2, 0) is 4.79 Å². The number of thioether (sulfide) groups is 1. The van der Waals surface area contributed by atoms with Gasteiger partial charge in [0, 0.05) is 15.3 Å². The molecule has 7 nitrogen and oxygen atoms in total. The van der Waals surface area contributed by atoms with Gasteiger partial charge in [-0.25, -0.2) is 5.01 Å². The molecule has 0 saturated carbocycles. The van der Waals surface area contributed by atoms with Crippen molar-refractivity contribution in [2.45, 2.75) is 6.17 Å². The lowest BCUT2D eigenvalue weighted by molar-refractivity contribution is -0.116. The summed E-state index contributed by atoms with van der Waals surface area (Å²) in [6.07, 6.45) is 1.36. The summed E-state index contributed by atoms with van der Waals surface area (Å²) in [6, 6.07) is 11.3. The van der Waals surface area contributed by atoms with E-state index < -0.39 is 6.17 Å². The number of fused-ring (bicyclic) bond motifs is 3. The summed E-state index contributed by atoms with van der Waals surface area (Å²) in [5.41, 5.74) is 1.32. The van der Waals surface area contributed by atoms with Crippen LogP contribution >= 0.6 is 27.7 Å². The summed E-state index contributed by atoms with van der Waals surface area (Å²) in [5.74, 6) is 1.13. The van der Waals surface area contributed by atoms with E-state index in [-0.39, 0.29) is 12.7 Å². The quantitative estimate of drug-likeness (QED) is 0.723. The van der Waals surface area contributed by atoms with Gasteiger partial charge in [-0.3, -0.25) is 15.1 Å². The number of hydrogen-bond acceptors (Lipinski definition) is 7. The first-order chi connectivity index (χ1) is 13.2. The lowest BCUT2D eigenvalue weighted by Gasteiger charge is -2.34. The van der Waals surface area contributed by atoms with E-state index in [0.29, 0.717) is 22.4 Å². The highest BCUT2D eigenvalue weighted by atomic mass is 79.9. The zero-order valence-corrected chi connectivity index (χ0v) is 16.5. The molecule has 0 unspecified atom stereocenters. The SMILES string of the molecule is CSC1=NN2C(=c3ccccc3=N[C@H]2c2cc3c(cc2Br)OCO3)C(=O)N1.